The lowest BCUT2D eigenvalue weighted by Gasteiger charge is -2.48. The lowest BCUT2D eigenvalue weighted by atomic mass is 9.73. The third-order valence-corrected chi connectivity index (χ3v) is 13.5. The smallest absolute Gasteiger partial charge is 0.312 e. The molecule has 0 spiro atoms. The van der Waals surface area contributed by atoms with Crippen molar-refractivity contribution in [2.45, 2.75) is 148 Å². The summed E-state index contributed by atoms with van der Waals surface area (Å²) in [5.74, 6) is -4.49. The van der Waals surface area contributed by atoms with Crippen LogP contribution in [-0.2, 0) is 39.7 Å². The molecule has 4 rings (SSSR count). The van der Waals surface area contributed by atoms with Crippen molar-refractivity contribution in [3.8, 4) is 0 Å². The third kappa shape index (κ3) is 11.8. The van der Waals surface area contributed by atoms with E-state index in [9.17, 15) is 24.9 Å². The molecule has 0 radical (unpaired) electrons. The van der Waals surface area contributed by atoms with Crippen molar-refractivity contribution in [1.82, 2.24) is 4.90 Å². The number of carbonyl (C=O) groups excluding carboxylic acids is 2. The van der Waals surface area contributed by atoms with Gasteiger partial charge in [-0.15, -0.1) is 11.3 Å². The zero-order chi connectivity index (χ0) is 44.0. The standard InChI is InChI=1S/C44H66ClN3O10S/c1-13-34-44(9,53)39(51)26(4)36(47-46-29(7)33-15-14-20-59-33)24(2)23-43(8,54-12)40(58-42-37(50)32(48(10)11)21-25(3)55-42)27(5)38(28(6)41(52)56-34)57-35(49)22-30-16-18-31(45)19-17-30/h14-20,24-28,32,34,37-40,42,50-51,53H,13,21-23H2,1-12H3. The number of benzene rings is 1. The minimum absolute atomic E-state index is 0.111. The van der Waals surface area contributed by atoms with Gasteiger partial charge in [0.2, 0.25) is 0 Å². The van der Waals surface area contributed by atoms with Crippen LogP contribution >= 0.6 is 22.9 Å². The molecule has 15 heteroatoms. The van der Waals surface area contributed by atoms with E-state index in [-0.39, 0.29) is 31.4 Å². The number of thiophene rings is 1. The zero-order valence-electron chi connectivity index (χ0n) is 36.6. The number of esters is 2. The summed E-state index contributed by atoms with van der Waals surface area (Å²) in [5.41, 5.74) is -1.38. The number of likely N-dealkylation sites (N-methyl/N-ethyl adjacent to an activating group) is 1. The fourth-order valence-corrected chi connectivity index (χ4v) is 9.41. The maximum absolute atomic E-state index is 14.3. The summed E-state index contributed by atoms with van der Waals surface area (Å²) in [4.78, 5) is 31.0. The van der Waals surface area contributed by atoms with Crippen molar-refractivity contribution in [2.75, 3.05) is 21.2 Å². The van der Waals surface area contributed by atoms with Crippen LogP contribution in [0.15, 0.2) is 52.0 Å². The van der Waals surface area contributed by atoms with Gasteiger partial charge in [0, 0.05) is 35.7 Å². The number of methoxy groups -OCH3 is 1. The van der Waals surface area contributed by atoms with Crippen molar-refractivity contribution in [2.24, 2.45) is 33.9 Å². The number of nitrogens with zero attached hydrogens (tertiary/aromatic N) is 3. The zero-order valence-corrected chi connectivity index (χ0v) is 38.2. The first-order valence-corrected chi connectivity index (χ1v) is 21.8. The Morgan fingerprint density at radius 1 is 1.07 bits per heavy atom. The Hall–Kier alpha value is -2.79. The van der Waals surface area contributed by atoms with E-state index in [0.717, 1.165) is 4.88 Å². The fourth-order valence-electron chi connectivity index (χ4n) is 8.61. The second-order valence-electron chi connectivity index (χ2n) is 17.1. The van der Waals surface area contributed by atoms with E-state index < -0.39 is 83.6 Å². The van der Waals surface area contributed by atoms with Crippen LogP contribution in [-0.4, -0.2) is 125 Å². The minimum Gasteiger partial charge on any atom is -0.461 e. The average Bonchev–Trinajstić information content (AvgIpc) is 3.74. The van der Waals surface area contributed by atoms with Crippen molar-refractivity contribution < 1.29 is 48.6 Å². The summed E-state index contributed by atoms with van der Waals surface area (Å²) in [7, 11) is 5.32. The molecule has 2 fully saturated rings. The van der Waals surface area contributed by atoms with Crippen LogP contribution in [0.5, 0.6) is 0 Å². The monoisotopic (exact) mass is 863 g/mol. The maximum atomic E-state index is 14.3. The first-order chi connectivity index (χ1) is 27.6. The van der Waals surface area contributed by atoms with Crippen LogP contribution in [0.3, 0.4) is 0 Å². The van der Waals surface area contributed by atoms with E-state index >= 15 is 0 Å². The molecule has 2 saturated heterocycles. The molecule has 14 unspecified atom stereocenters. The van der Waals surface area contributed by atoms with Gasteiger partial charge in [0.1, 0.15) is 23.9 Å². The van der Waals surface area contributed by atoms with Crippen molar-refractivity contribution >= 4 is 46.3 Å². The van der Waals surface area contributed by atoms with Gasteiger partial charge in [-0.3, -0.25) is 9.59 Å². The number of cyclic esters (lactones) is 1. The molecule has 2 aliphatic heterocycles. The Morgan fingerprint density at radius 2 is 1.73 bits per heavy atom. The summed E-state index contributed by atoms with van der Waals surface area (Å²) in [5, 5.41) is 47.6. The summed E-state index contributed by atoms with van der Waals surface area (Å²) >= 11 is 7.63. The van der Waals surface area contributed by atoms with Crippen molar-refractivity contribution in [3.05, 3.63) is 57.2 Å². The molecule has 1 aromatic heterocycles. The molecule has 0 saturated carbocycles. The van der Waals surface area contributed by atoms with Gasteiger partial charge < -0.3 is 43.9 Å². The lowest BCUT2D eigenvalue weighted by molar-refractivity contribution is -0.301. The van der Waals surface area contributed by atoms with E-state index in [0.29, 0.717) is 28.4 Å². The fraction of sp³-hybridized carbons (Fsp3) is 0.682. The Kier molecular flexibility index (Phi) is 17.3. The molecule has 0 aliphatic carbocycles. The number of hydrogen-bond donors (Lipinski definition) is 3. The molecule has 330 valence electrons. The quantitative estimate of drug-likeness (QED) is 0.139. The molecule has 13 nitrogen and oxygen atoms in total. The Balaban J connectivity index is 1.91. The minimum atomic E-state index is -1.93. The van der Waals surface area contributed by atoms with E-state index in [1.54, 1.807) is 52.1 Å². The first-order valence-electron chi connectivity index (χ1n) is 20.6. The maximum Gasteiger partial charge on any atom is 0.312 e. The van der Waals surface area contributed by atoms with Crippen LogP contribution < -0.4 is 0 Å². The number of aliphatic hydroxyl groups excluding tert-OH is 2. The topological polar surface area (TPSA) is 169 Å². The molecule has 59 heavy (non-hydrogen) atoms. The summed E-state index contributed by atoms with van der Waals surface area (Å²) in [6, 6.07) is 10.4. The predicted octanol–water partition coefficient (Wildman–Crippen LogP) is 6.32. The summed E-state index contributed by atoms with van der Waals surface area (Å²) < 4.78 is 32.0. The second-order valence-corrected chi connectivity index (χ2v) is 18.5. The Bertz CT molecular complexity index is 1740. The highest BCUT2D eigenvalue weighted by Crippen LogP contribution is 2.40. The van der Waals surface area contributed by atoms with Gasteiger partial charge >= 0.3 is 11.9 Å². The molecule has 0 bridgehead atoms. The third-order valence-electron chi connectivity index (χ3n) is 12.2. The molecule has 1 aromatic carbocycles. The lowest BCUT2D eigenvalue weighted by Crippen LogP contribution is -2.60. The van der Waals surface area contributed by atoms with E-state index in [4.69, 9.17) is 40.4 Å². The largest absolute Gasteiger partial charge is 0.461 e. The van der Waals surface area contributed by atoms with Gasteiger partial charge in [0.05, 0.1) is 46.8 Å². The highest BCUT2D eigenvalue weighted by molar-refractivity contribution is 7.12. The number of ether oxygens (including phenoxy) is 5. The highest BCUT2D eigenvalue weighted by atomic mass is 35.5. The van der Waals surface area contributed by atoms with Gasteiger partial charge in [-0.1, -0.05) is 57.5 Å². The first kappa shape index (κ1) is 48.9. The normalized spacial score (nSPS) is 37.5. The van der Waals surface area contributed by atoms with Gasteiger partial charge in [0.15, 0.2) is 6.29 Å². The highest BCUT2D eigenvalue weighted by Gasteiger charge is 2.52. The average molecular weight is 865 g/mol. The molecular weight excluding hydrogens is 798 g/mol. The Labute approximate surface area is 359 Å². The molecule has 3 heterocycles. The molecule has 3 N–H and O–H groups in total. The van der Waals surface area contributed by atoms with Crippen LogP contribution in [0, 0.1) is 23.7 Å². The SMILES string of the molecule is CCC1OC(=O)C(C)C(OC(=O)Cc2ccc(Cl)cc2)C(C)C(OC2OC(C)CC(N(C)C)C2O)C(C)(OC)CC(C)C(=NN=C(C)c2cccs2)C(C)C(O)C1(C)O. The predicted molar refractivity (Wildman–Crippen MR) is 230 cm³/mol. The number of carbonyl (C=O) groups is 2. The van der Waals surface area contributed by atoms with Crippen molar-refractivity contribution in [1.29, 1.82) is 0 Å². The van der Waals surface area contributed by atoms with E-state index in [1.165, 1.54) is 18.3 Å². The Morgan fingerprint density at radius 3 is 2.31 bits per heavy atom. The molecule has 0 amide bonds. The second kappa shape index (κ2) is 20.9. The van der Waals surface area contributed by atoms with Gasteiger partial charge in [0.25, 0.3) is 0 Å². The molecule has 2 aromatic rings. The summed E-state index contributed by atoms with van der Waals surface area (Å²) in [6.07, 6.45) is -6.39. The van der Waals surface area contributed by atoms with E-state index in [2.05, 4.69) is 5.10 Å². The van der Waals surface area contributed by atoms with Crippen LogP contribution in [0.4, 0.5) is 0 Å². The number of aliphatic hydroxyl groups is 3. The number of rotatable bonds is 10. The summed E-state index contributed by atoms with van der Waals surface area (Å²) in [6.45, 7) is 15.9. The molecular formula is C44H66ClN3O10S. The van der Waals surface area contributed by atoms with Crippen LogP contribution in [0.1, 0.15) is 92.0 Å². The van der Waals surface area contributed by atoms with E-state index in [1.807, 2.05) is 71.1 Å². The molecule has 14 atom stereocenters. The van der Waals surface area contributed by atoms with Crippen LogP contribution in [0.25, 0.3) is 0 Å². The number of halogens is 1. The van der Waals surface area contributed by atoms with Gasteiger partial charge in [-0.05, 0) is 103 Å². The van der Waals surface area contributed by atoms with Gasteiger partial charge in [-0.25, -0.2) is 0 Å². The molecule has 2 aliphatic rings. The number of hydrogen-bond acceptors (Lipinski definition) is 14. The van der Waals surface area contributed by atoms with Gasteiger partial charge in [-0.2, -0.15) is 10.2 Å². The van der Waals surface area contributed by atoms with Crippen LogP contribution in [0.2, 0.25) is 5.02 Å². The van der Waals surface area contributed by atoms with Crippen molar-refractivity contribution in [3.63, 3.8) is 0 Å².